The van der Waals surface area contributed by atoms with Gasteiger partial charge in [-0.1, -0.05) is 23.7 Å². The third-order valence-corrected chi connectivity index (χ3v) is 4.66. The van der Waals surface area contributed by atoms with Crippen LogP contribution in [0.5, 0.6) is 0 Å². The largest absolute Gasteiger partial charge is 0.332 e. The highest BCUT2D eigenvalue weighted by Gasteiger charge is 2.30. The average Bonchev–Trinajstić information content (AvgIpc) is 2.98. The van der Waals surface area contributed by atoms with Gasteiger partial charge in [0.1, 0.15) is 0 Å². The minimum atomic E-state index is 0.447. The topological polar surface area (TPSA) is 29.9 Å². The number of aromatic nitrogens is 2. The van der Waals surface area contributed by atoms with Gasteiger partial charge in [0.25, 0.3) is 0 Å². The molecule has 2 aromatic rings. The van der Waals surface area contributed by atoms with Crippen LogP contribution in [0, 0.1) is 0 Å². The summed E-state index contributed by atoms with van der Waals surface area (Å²) < 4.78 is 2.30. The highest BCUT2D eigenvalue weighted by atomic mass is 35.5. The summed E-state index contributed by atoms with van der Waals surface area (Å²) in [5.41, 5.74) is 2.71. The van der Waals surface area contributed by atoms with Crippen molar-refractivity contribution < 1.29 is 0 Å². The van der Waals surface area contributed by atoms with Crippen molar-refractivity contribution in [3.63, 3.8) is 0 Å². The molecule has 1 saturated heterocycles. The van der Waals surface area contributed by atoms with E-state index >= 15 is 0 Å². The molecule has 3 nitrogen and oxygen atoms in total. The van der Waals surface area contributed by atoms with Crippen LogP contribution in [0.15, 0.2) is 36.8 Å². The van der Waals surface area contributed by atoms with Gasteiger partial charge in [-0.25, -0.2) is 4.98 Å². The van der Waals surface area contributed by atoms with E-state index in [9.17, 15) is 0 Å². The first-order valence-electron chi connectivity index (χ1n) is 7.64. The summed E-state index contributed by atoms with van der Waals surface area (Å²) in [7, 11) is 0. The van der Waals surface area contributed by atoms with E-state index in [1.807, 2.05) is 24.7 Å². The van der Waals surface area contributed by atoms with Crippen LogP contribution >= 0.6 is 11.6 Å². The molecule has 0 aliphatic carbocycles. The number of halogens is 1. The molecule has 0 bridgehead atoms. The fourth-order valence-corrected chi connectivity index (χ4v) is 3.43. The van der Waals surface area contributed by atoms with Crippen LogP contribution in [-0.4, -0.2) is 22.6 Å². The summed E-state index contributed by atoms with van der Waals surface area (Å²) in [6, 6.07) is 8.74. The Labute approximate surface area is 131 Å². The predicted octanol–water partition coefficient (Wildman–Crippen LogP) is 3.98. The molecule has 2 heterocycles. The monoisotopic (exact) mass is 303 g/mol. The Kier molecular flexibility index (Phi) is 4.32. The van der Waals surface area contributed by atoms with Gasteiger partial charge in [-0.3, -0.25) is 0 Å². The Morgan fingerprint density at radius 1 is 1.24 bits per heavy atom. The van der Waals surface area contributed by atoms with Gasteiger partial charge < -0.3 is 9.88 Å². The molecule has 0 radical (unpaired) electrons. The Balaban J connectivity index is 1.94. The number of nitrogens with zero attached hydrogens (tertiary/aromatic N) is 2. The SMILES string of the molecule is CC(C)n1cncc1C1CCNCC1c1ccc(Cl)cc1. The lowest BCUT2D eigenvalue weighted by atomic mass is 9.79. The van der Waals surface area contributed by atoms with E-state index in [1.165, 1.54) is 11.3 Å². The number of hydrogen-bond acceptors (Lipinski definition) is 2. The molecule has 21 heavy (non-hydrogen) atoms. The Morgan fingerprint density at radius 3 is 2.71 bits per heavy atom. The van der Waals surface area contributed by atoms with E-state index in [0.717, 1.165) is 24.5 Å². The Morgan fingerprint density at radius 2 is 2.00 bits per heavy atom. The van der Waals surface area contributed by atoms with Crippen LogP contribution in [0.3, 0.4) is 0 Å². The average molecular weight is 304 g/mol. The van der Waals surface area contributed by atoms with E-state index in [2.05, 4.69) is 40.8 Å². The third kappa shape index (κ3) is 2.99. The van der Waals surface area contributed by atoms with Crippen molar-refractivity contribution in [1.82, 2.24) is 14.9 Å². The fraction of sp³-hybridized carbons (Fsp3) is 0.471. The summed E-state index contributed by atoms with van der Waals surface area (Å²) in [6.07, 6.45) is 5.14. The first kappa shape index (κ1) is 14.6. The number of rotatable bonds is 3. The van der Waals surface area contributed by atoms with Gasteiger partial charge in [0, 0.05) is 41.3 Å². The molecule has 4 heteroatoms. The maximum Gasteiger partial charge on any atom is 0.0950 e. The van der Waals surface area contributed by atoms with Crippen LogP contribution in [0.25, 0.3) is 0 Å². The van der Waals surface area contributed by atoms with Crippen LogP contribution < -0.4 is 5.32 Å². The first-order chi connectivity index (χ1) is 10.2. The maximum absolute atomic E-state index is 6.02. The molecule has 0 amide bonds. The van der Waals surface area contributed by atoms with Crippen molar-refractivity contribution >= 4 is 11.6 Å². The molecule has 1 N–H and O–H groups in total. The minimum absolute atomic E-state index is 0.447. The normalized spacial score (nSPS) is 22.7. The minimum Gasteiger partial charge on any atom is -0.332 e. The molecule has 1 fully saturated rings. The highest BCUT2D eigenvalue weighted by Crippen LogP contribution is 2.38. The van der Waals surface area contributed by atoms with Crippen molar-refractivity contribution in [2.45, 2.75) is 38.1 Å². The highest BCUT2D eigenvalue weighted by molar-refractivity contribution is 6.30. The molecule has 2 unspecified atom stereocenters. The lowest BCUT2D eigenvalue weighted by Crippen LogP contribution is -2.35. The number of imidazole rings is 1. The van der Waals surface area contributed by atoms with Crippen LogP contribution in [0.4, 0.5) is 0 Å². The summed E-state index contributed by atoms with van der Waals surface area (Å²) in [5.74, 6) is 0.988. The second-order valence-electron chi connectivity index (χ2n) is 6.08. The number of nitrogens with one attached hydrogen (secondary N) is 1. The van der Waals surface area contributed by atoms with Crippen molar-refractivity contribution in [3.8, 4) is 0 Å². The molecule has 2 atom stereocenters. The van der Waals surface area contributed by atoms with E-state index in [1.54, 1.807) is 0 Å². The Bertz CT molecular complexity index is 588. The van der Waals surface area contributed by atoms with Gasteiger partial charge >= 0.3 is 0 Å². The lowest BCUT2D eigenvalue weighted by molar-refractivity contribution is 0.381. The summed E-state index contributed by atoms with van der Waals surface area (Å²) >= 11 is 6.02. The van der Waals surface area contributed by atoms with Gasteiger partial charge in [0.05, 0.1) is 6.33 Å². The zero-order valence-corrected chi connectivity index (χ0v) is 13.3. The zero-order valence-electron chi connectivity index (χ0n) is 12.6. The van der Waals surface area contributed by atoms with Gasteiger partial charge in [-0.2, -0.15) is 0 Å². The number of piperidine rings is 1. The van der Waals surface area contributed by atoms with E-state index in [0.29, 0.717) is 17.9 Å². The molecule has 1 aliphatic rings. The lowest BCUT2D eigenvalue weighted by Gasteiger charge is -2.33. The van der Waals surface area contributed by atoms with E-state index < -0.39 is 0 Å². The van der Waals surface area contributed by atoms with Crippen LogP contribution in [0.2, 0.25) is 5.02 Å². The number of hydrogen-bond donors (Lipinski definition) is 1. The van der Waals surface area contributed by atoms with Gasteiger partial charge in [0.15, 0.2) is 0 Å². The third-order valence-electron chi connectivity index (χ3n) is 4.41. The molecule has 0 saturated carbocycles. The maximum atomic E-state index is 6.02. The van der Waals surface area contributed by atoms with E-state index in [4.69, 9.17) is 11.6 Å². The summed E-state index contributed by atoms with van der Waals surface area (Å²) in [6.45, 7) is 6.50. The quantitative estimate of drug-likeness (QED) is 0.929. The number of benzene rings is 1. The predicted molar refractivity (Wildman–Crippen MR) is 87.0 cm³/mol. The van der Waals surface area contributed by atoms with Crippen molar-refractivity contribution in [3.05, 3.63) is 53.1 Å². The van der Waals surface area contributed by atoms with Crippen LogP contribution in [0.1, 0.15) is 49.4 Å². The van der Waals surface area contributed by atoms with Gasteiger partial charge in [-0.05, 0) is 44.5 Å². The van der Waals surface area contributed by atoms with Crippen molar-refractivity contribution in [1.29, 1.82) is 0 Å². The summed E-state index contributed by atoms with van der Waals surface area (Å²) in [5, 5.41) is 4.32. The van der Waals surface area contributed by atoms with Gasteiger partial charge in [-0.15, -0.1) is 0 Å². The molecule has 3 rings (SSSR count). The summed E-state index contributed by atoms with van der Waals surface area (Å²) in [4.78, 5) is 4.38. The van der Waals surface area contributed by atoms with Crippen molar-refractivity contribution in [2.24, 2.45) is 0 Å². The molecular weight excluding hydrogens is 282 g/mol. The van der Waals surface area contributed by atoms with E-state index in [-0.39, 0.29) is 0 Å². The smallest absolute Gasteiger partial charge is 0.0950 e. The van der Waals surface area contributed by atoms with Gasteiger partial charge in [0.2, 0.25) is 0 Å². The van der Waals surface area contributed by atoms with Crippen molar-refractivity contribution in [2.75, 3.05) is 13.1 Å². The second-order valence-corrected chi connectivity index (χ2v) is 6.51. The molecule has 1 aliphatic heterocycles. The molecule has 1 aromatic heterocycles. The second kappa shape index (κ2) is 6.20. The standard InChI is InChI=1S/C17H22ClN3/c1-12(2)21-11-20-10-17(21)15-7-8-19-9-16(15)13-3-5-14(18)6-4-13/h3-6,10-12,15-16,19H,7-9H2,1-2H3. The zero-order chi connectivity index (χ0) is 14.8. The molecule has 1 aromatic carbocycles. The Hall–Kier alpha value is -1.32. The molecule has 112 valence electrons. The fourth-order valence-electron chi connectivity index (χ4n) is 3.31. The first-order valence-corrected chi connectivity index (χ1v) is 8.02. The molecular formula is C17H22ClN3. The molecule has 0 spiro atoms. The van der Waals surface area contributed by atoms with Crippen LogP contribution in [-0.2, 0) is 0 Å².